The molecule has 0 radical (unpaired) electrons. The van der Waals surface area contributed by atoms with Gasteiger partial charge in [0.1, 0.15) is 9.84 Å². The summed E-state index contributed by atoms with van der Waals surface area (Å²) in [6, 6.07) is 0.0715. The Morgan fingerprint density at radius 2 is 2.04 bits per heavy atom. The lowest BCUT2D eigenvalue weighted by Crippen LogP contribution is -2.46. The highest BCUT2D eigenvalue weighted by Crippen LogP contribution is 2.41. The Bertz CT molecular complexity index is 602. The van der Waals surface area contributed by atoms with Crippen LogP contribution in [0.25, 0.3) is 0 Å². The molecule has 2 saturated heterocycles. The second-order valence-corrected chi connectivity index (χ2v) is 9.74. The van der Waals surface area contributed by atoms with E-state index in [1.54, 1.807) is 4.90 Å². The monoisotopic (exact) mass is 357 g/mol. The minimum absolute atomic E-state index is 0.0603. The Kier molecular flexibility index (Phi) is 5.15. The summed E-state index contributed by atoms with van der Waals surface area (Å²) in [4.78, 5) is 27.7. The lowest BCUT2D eigenvalue weighted by Gasteiger charge is -2.22. The first-order valence-corrected chi connectivity index (χ1v) is 10.8. The van der Waals surface area contributed by atoms with Crippen LogP contribution in [0.5, 0.6) is 0 Å². The van der Waals surface area contributed by atoms with Crippen molar-refractivity contribution in [1.82, 2.24) is 15.1 Å². The number of amides is 2. The van der Waals surface area contributed by atoms with Crippen LogP contribution in [0.15, 0.2) is 0 Å². The van der Waals surface area contributed by atoms with Crippen LogP contribution in [0.3, 0.4) is 0 Å². The van der Waals surface area contributed by atoms with Crippen LogP contribution in [0, 0.1) is 11.8 Å². The smallest absolute Gasteiger partial charge is 0.239 e. The second-order valence-electron chi connectivity index (χ2n) is 7.48. The molecule has 2 atom stereocenters. The zero-order chi connectivity index (χ0) is 17.3. The van der Waals surface area contributed by atoms with E-state index in [9.17, 15) is 18.0 Å². The SMILES string of the molecule is CS(=O)(=O)CCN1C[C@H](NC(=O)CN2CCCC2=O)[C@@H](C2CC2)C1. The normalized spacial score (nSPS) is 28.5. The third kappa shape index (κ3) is 4.69. The standard InChI is InChI=1S/C16H27N3O4S/c1-24(22,23)8-7-18-9-13(12-4-5-12)14(10-18)17-15(20)11-19-6-2-3-16(19)21/h12-14H,2-11H2,1H3,(H,17,20)/t13-,14+/m1/s1. The predicted molar refractivity (Wildman–Crippen MR) is 90.1 cm³/mol. The van der Waals surface area contributed by atoms with Crippen molar-refractivity contribution in [1.29, 1.82) is 0 Å². The zero-order valence-electron chi connectivity index (χ0n) is 14.2. The molecule has 1 saturated carbocycles. The summed E-state index contributed by atoms with van der Waals surface area (Å²) in [5.41, 5.74) is 0. The van der Waals surface area contributed by atoms with E-state index in [1.807, 2.05) is 0 Å². The van der Waals surface area contributed by atoms with E-state index in [1.165, 1.54) is 19.1 Å². The maximum absolute atomic E-state index is 12.3. The molecule has 0 spiro atoms. The maximum Gasteiger partial charge on any atom is 0.239 e. The molecule has 2 aliphatic heterocycles. The lowest BCUT2D eigenvalue weighted by atomic mass is 9.98. The summed E-state index contributed by atoms with van der Waals surface area (Å²) in [6.07, 6.45) is 5.02. The number of nitrogens with zero attached hydrogens (tertiary/aromatic N) is 2. The molecule has 1 aliphatic carbocycles. The van der Waals surface area contributed by atoms with Gasteiger partial charge in [-0.25, -0.2) is 8.42 Å². The molecule has 2 amide bonds. The van der Waals surface area contributed by atoms with Gasteiger partial charge in [-0.15, -0.1) is 0 Å². The van der Waals surface area contributed by atoms with Gasteiger partial charge >= 0.3 is 0 Å². The van der Waals surface area contributed by atoms with E-state index >= 15 is 0 Å². The van der Waals surface area contributed by atoms with Crippen molar-refractivity contribution in [2.45, 2.75) is 31.7 Å². The van der Waals surface area contributed by atoms with Gasteiger partial charge in [0.2, 0.25) is 11.8 Å². The third-order valence-corrected chi connectivity index (χ3v) is 6.22. The molecular weight excluding hydrogens is 330 g/mol. The van der Waals surface area contributed by atoms with Gasteiger partial charge in [0.05, 0.1) is 12.3 Å². The van der Waals surface area contributed by atoms with Gasteiger partial charge in [0.15, 0.2) is 0 Å². The molecule has 2 heterocycles. The minimum Gasteiger partial charge on any atom is -0.350 e. The highest BCUT2D eigenvalue weighted by atomic mass is 32.2. The summed E-state index contributed by atoms with van der Waals surface area (Å²) in [6.45, 7) is 2.91. The Balaban J connectivity index is 1.52. The fourth-order valence-electron chi connectivity index (χ4n) is 3.84. The van der Waals surface area contributed by atoms with Gasteiger partial charge in [-0.3, -0.25) is 14.5 Å². The minimum atomic E-state index is -2.97. The fourth-order valence-corrected chi connectivity index (χ4v) is 4.43. The lowest BCUT2D eigenvalue weighted by molar-refractivity contribution is -0.133. The number of likely N-dealkylation sites (tertiary alicyclic amines) is 2. The van der Waals surface area contributed by atoms with Crippen molar-refractivity contribution in [2.24, 2.45) is 11.8 Å². The van der Waals surface area contributed by atoms with E-state index in [4.69, 9.17) is 0 Å². The van der Waals surface area contributed by atoms with Crippen molar-refractivity contribution >= 4 is 21.7 Å². The average molecular weight is 357 g/mol. The molecule has 3 fully saturated rings. The van der Waals surface area contributed by atoms with E-state index in [2.05, 4.69) is 10.2 Å². The molecule has 1 N–H and O–H groups in total. The van der Waals surface area contributed by atoms with Crippen LogP contribution in [-0.4, -0.2) is 80.8 Å². The van der Waals surface area contributed by atoms with Crippen molar-refractivity contribution in [2.75, 3.05) is 44.7 Å². The van der Waals surface area contributed by atoms with Gasteiger partial charge in [0.25, 0.3) is 0 Å². The van der Waals surface area contributed by atoms with Gasteiger partial charge in [-0.1, -0.05) is 0 Å². The third-order valence-electron chi connectivity index (χ3n) is 5.30. The van der Waals surface area contributed by atoms with Gasteiger partial charge < -0.3 is 10.2 Å². The van der Waals surface area contributed by atoms with Crippen LogP contribution < -0.4 is 5.32 Å². The first kappa shape index (κ1) is 17.7. The number of rotatable bonds is 7. The fraction of sp³-hybridized carbons (Fsp3) is 0.875. The van der Waals surface area contributed by atoms with Gasteiger partial charge in [-0.05, 0) is 31.1 Å². The number of hydrogen-bond acceptors (Lipinski definition) is 5. The Labute approximate surface area is 143 Å². The molecule has 0 bridgehead atoms. The number of sulfone groups is 1. The zero-order valence-corrected chi connectivity index (χ0v) is 15.1. The van der Waals surface area contributed by atoms with Crippen LogP contribution in [0.4, 0.5) is 0 Å². The predicted octanol–water partition coefficient (Wildman–Crippen LogP) is -0.520. The Hall–Kier alpha value is -1.15. The first-order valence-electron chi connectivity index (χ1n) is 8.79. The first-order chi connectivity index (χ1) is 11.3. The molecule has 0 unspecified atom stereocenters. The van der Waals surface area contributed by atoms with E-state index in [0.29, 0.717) is 37.9 Å². The molecular formula is C16H27N3O4S. The van der Waals surface area contributed by atoms with Crippen LogP contribution in [0.1, 0.15) is 25.7 Å². The second kappa shape index (κ2) is 7.00. The van der Waals surface area contributed by atoms with Crippen molar-refractivity contribution in [3.8, 4) is 0 Å². The summed E-state index contributed by atoms with van der Waals surface area (Å²) in [5, 5.41) is 3.10. The van der Waals surface area contributed by atoms with Crippen molar-refractivity contribution < 1.29 is 18.0 Å². The molecule has 8 heteroatoms. The Morgan fingerprint density at radius 3 is 2.62 bits per heavy atom. The molecule has 0 aromatic heterocycles. The quantitative estimate of drug-likeness (QED) is 0.663. The van der Waals surface area contributed by atoms with Crippen LogP contribution in [0.2, 0.25) is 0 Å². The average Bonchev–Trinajstić information content (AvgIpc) is 3.14. The van der Waals surface area contributed by atoms with Crippen molar-refractivity contribution in [3.05, 3.63) is 0 Å². The summed E-state index contributed by atoms with van der Waals surface area (Å²) >= 11 is 0. The van der Waals surface area contributed by atoms with Crippen LogP contribution >= 0.6 is 0 Å². The largest absolute Gasteiger partial charge is 0.350 e. The van der Waals surface area contributed by atoms with Crippen molar-refractivity contribution in [3.63, 3.8) is 0 Å². The molecule has 3 rings (SSSR count). The molecule has 7 nitrogen and oxygen atoms in total. The molecule has 136 valence electrons. The molecule has 0 aromatic rings. The number of carbonyl (C=O) groups excluding carboxylic acids is 2. The number of carbonyl (C=O) groups is 2. The maximum atomic E-state index is 12.3. The number of nitrogens with one attached hydrogen (secondary N) is 1. The highest BCUT2D eigenvalue weighted by molar-refractivity contribution is 7.90. The van der Waals surface area contributed by atoms with Gasteiger partial charge in [0, 0.05) is 44.9 Å². The number of hydrogen-bond donors (Lipinski definition) is 1. The summed E-state index contributed by atoms with van der Waals surface area (Å²) < 4.78 is 22.7. The molecule has 24 heavy (non-hydrogen) atoms. The molecule has 0 aromatic carbocycles. The van der Waals surface area contributed by atoms with Gasteiger partial charge in [-0.2, -0.15) is 0 Å². The van der Waals surface area contributed by atoms with Crippen LogP contribution in [-0.2, 0) is 19.4 Å². The molecule has 3 aliphatic rings. The Morgan fingerprint density at radius 1 is 1.29 bits per heavy atom. The summed E-state index contributed by atoms with van der Waals surface area (Å²) in [5.74, 6) is 1.18. The van der Waals surface area contributed by atoms with E-state index in [0.717, 1.165) is 13.0 Å². The van der Waals surface area contributed by atoms with E-state index in [-0.39, 0.29) is 30.2 Å². The van der Waals surface area contributed by atoms with E-state index < -0.39 is 9.84 Å². The highest BCUT2D eigenvalue weighted by Gasteiger charge is 2.43. The summed E-state index contributed by atoms with van der Waals surface area (Å²) in [7, 11) is -2.97. The topological polar surface area (TPSA) is 86.8 Å².